The molecule has 6 nitrogen and oxygen atoms in total. The van der Waals surface area contributed by atoms with E-state index < -0.39 is 5.97 Å². The van der Waals surface area contributed by atoms with Crippen molar-refractivity contribution in [3.8, 4) is 0 Å². The van der Waals surface area contributed by atoms with E-state index in [4.69, 9.17) is 5.11 Å². The summed E-state index contributed by atoms with van der Waals surface area (Å²) < 4.78 is 0. The summed E-state index contributed by atoms with van der Waals surface area (Å²) >= 11 is 0. The van der Waals surface area contributed by atoms with Crippen molar-refractivity contribution in [3.63, 3.8) is 0 Å². The Hall–Kier alpha value is -3.15. The lowest BCUT2D eigenvalue weighted by molar-refractivity contribution is -0.137. The van der Waals surface area contributed by atoms with Gasteiger partial charge in [-0.1, -0.05) is 18.2 Å². The Bertz CT molecular complexity index is 830. The number of carbonyl (C=O) groups is 3. The van der Waals surface area contributed by atoms with Crippen molar-refractivity contribution in [1.82, 2.24) is 5.32 Å². The van der Waals surface area contributed by atoms with Gasteiger partial charge < -0.3 is 15.7 Å². The molecular formula is C20H22N2O4. The number of anilines is 1. The van der Waals surface area contributed by atoms with Crippen LogP contribution >= 0.6 is 0 Å². The van der Waals surface area contributed by atoms with Gasteiger partial charge in [0.05, 0.1) is 6.54 Å². The molecule has 136 valence electrons. The van der Waals surface area contributed by atoms with Gasteiger partial charge in [-0.05, 0) is 61.2 Å². The number of aliphatic carboxylic acids is 1. The lowest BCUT2D eigenvalue weighted by Gasteiger charge is -2.09. The molecule has 2 aromatic rings. The second kappa shape index (κ2) is 8.80. The van der Waals surface area contributed by atoms with Crippen LogP contribution in [0.1, 0.15) is 33.5 Å². The normalized spacial score (nSPS) is 10.2. The SMILES string of the molecule is Cc1ccc(C(=O)NCC(=O)Nc2cccc(CCC(=O)O)c2)cc1C. The highest BCUT2D eigenvalue weighted by Gasteiger charge is 2.09. The van der Waals surface area contributed by atoms with Gasteiger partial charge in [0, 0.05) is 17.7 Å². The van der Waals surface area contributed by atoms with Gasteiger partial charge in [0.25, 0.3) is 5.91 Å². The first-order valence-corrected chi connectivity index (χ1v) is 8.31. The minimum Gasteiger partial charge on any atom is -0.481 e. The van der Waals surface area contributed by atoms with Crippen LogP contribution in [0.15, 0.2) is 42.5 Å². The number of rotatable bonds is 7. The van der Waals surface area contributed by atoms with E-state index in [1.165, 1.54) is 0 Å². The molecule has 0 atom stereocenters. The monoisotopic (exact) mass is 354 g/mol. The van der Waals surface area contributed by atoms with E-state index in [0.717, 1.165) is 16.7 Å². The topological polar surface area (TPSA) is 95.5 Å². The van der Waals surface area contributed by atoms with Crippen molar-refractivity contribution in [1.29, 1.82) is 0 Å². The van der Waals surface area contributed by atoms with E-state index in [2.05, 4.69) is 10.6 Å². The molecule has 0 spiro atoms. The molecule has 3 N–H and O–H groups in total. The van der Waals surface area contributed by atoms with Crippen LogP contribution in [-0.4, -0.2) is 29.4 Å². The highest BCUT2D eigenvalue weighted by molar-refractivity contribution is 5.99. The maximum absolute atomic E-state index is 12.1. The maximum Gasteiger partial charge on any atom is 0.303 e. The molecule has 0 aromatic heterocycles. The van der Waals surface area contributed by atoms with E-state index >= 15 is 0 Å². The molecule has 26 heavy (non-hydrogen) atoms. The van der Waals surface area contributed by atoms with Crippen LogP contribution in [0, 0.1) is 13.8 Å². The molecule has 0 saturated carbocycles. The molecule has 0 aliphatic heterocycles. The molecule has 0 unspecified atom stereocenters. The first-order valence-electron chi connectivity index (χ1n) is 8.31. The van der Waals surface area contributed by atoms with E-state index in [0.29, 0.717) is 17.7 Å². The summed E-state index contributed by atoms with van der Waals surface area (Å²) in [6.45, 7) is 3.75. The smallest absolute Gasteiger partial charge is 0.303 e. The molecule has 2 amide bonds. The summed E-state index contributed by atoms with van der Waals surface area (Å²) in [4.78, 5) is 34.8. The highest BCUT2D eigenvalue weighted by atomic mass is 16.4. The molecule has 6 heteroatoms. The molecule has 0 aliphatic carbocycles. The standard InChI is InChI=1S/C20H22N2O4/c1-13-6-8-16(10-14(13)2)20(26)21-12-18(23)22-17-5-3-4-15(11-17)7-9-19(24)25/h3-6,8,10-11H,7,9,12H2,1-2H3,(H,21,26)(H,22,23)(H,24,25). The predicted molar refractivity (Wildman–Crippen MR) is 99.3 cm³/mol. The van der Waals surface area contributed by atoms with Crippen LogP contribution < -0.4 is 10.6 Å². The fourth-order valence-corrected chi connectivity index (χ4v) is 2.41. The highest BCUT2D eigenvalue weighted by Crippen LogP contribution is 2.12. The Balaban J connectivity index is 1.88. The van der Waals surface area contributed by atoms with Crippen LogP contribution in [-0.2, 0) is 16.0 Å². The first-order chi connectivity index (χ1) is 12.3. The van der Waals surface area contributed by atoms with Crippen molar-refractivity contribution in [3.05, 3.63) is 64.7 Å². The van der Waals surface area contributed by atoms with Gasteiger partial charge in [0.2, 0.25) is 5.91 Å². The van der Waals surface area contributed by atoms with Crippen molar-refractivity contribution >= 4 is 23.5 Å². The summed E-state index contributed by atoms with van der Waals surface area (Å²) in [5.74, 6) is -1.52. The van der Waals surface area contributed by atoms with E-state index in [1.807, 2.05) is 19.9 Å². The van der Waals surface area contributed by atoms with Gasteiger partial charge in [-0.25, -0.2) is 0 Å². The summed E-state index contributed by atoms with van der Waals surface area (Å²) in [6, 6.07) is 12.4. The minimum absolute atomic E-state index is 0.0312. The second-order valence-corrected chi connectivity index (χ2v) is 6.12. The van der Waals surface area contributed by atoms with Crippen LogP contribution in [0.4, 0.5) is 5.69 Å². The number of carboxylic acid groups (broad SMARTS) is 1. The Morgan fingerprint density at radius 3 is 2.46 bits per heavy atom. The molecule has 2 rings (SSSR count). The summed E-state index contributed by atoms with van der Waals surface area (Å²) in [5, 5.41) is 14.0. The van der Waals surface area contributed by atoms with Crippen LogP contribution in [0.5, 0.6) is 0 Å². The molecule has 2 aromatic carbocycles. The minimum atomic E-state index is -0.867. The number of carbonyl (C=O) groups excluding carboxylic acids is 2. The fraction of sp³-hybridized carbons (Fsp3) is 0.250. The number of benzene rings is 2. The summed E-state index contributed by atoms with van der Waals surface area (Å²) in [7, 11) is 0. The Labute approximate surface area is 152 Å². The third-order valence-electron chi connectivity index (χ3n) is 4.02. The lowest BCUT2D eigenvalue weighted by atomic mass is 10.1. The van der Waals surface area contributed by atoms with Crippen molar-refractivity contribution < 1.29 is 19.5 Å². The van der Waals surface area contributed by atoms with Crippen LogP contribution in [0.2, 0.25) is 0 Å². The molecule has 0 bridgehead atoms. The second-order valence-electron chi connectivity index (χ2n) is 6.12. The average molecular weight is 354 g/mol. The molecule has 0 saturated heterocycles. The zero-order valence-electron chi connectivity index (χ0n) is 14.8. The predicted octanol–water partition coefficient (Wildman–Crippen LogP) is 2.69. The van der Waals surface area contributed by atoms with Crippen molar-refractivity contribution in [2.24, 2.45) is 0 Å². The molecule has 0 heterocycles. The third-order valence-corrected chi connectivity index (χ3v) is 4.02. The van der Waals surface area contributed by atoms with E-state index in [-0.39, 0.29) is 24.8 Å². The molecule has 0 aliphatic rings. The van der Waals surface area contributed by atoms with Gasteiger partial charge in [0.1, 0.15) is 0 Å². The lowest BCUT2D eigenvalue weighted by Crippen LogP contribution is -2.32. The van der Waals surface area contributed by atoms with Crippen LogP contribution in [0.25, 0.3) is 0 Å². The van der Waals surface area contributed by atoms with Gasteiger partial charge in [0.15, 0.2) is 0 Å². The molecular weight excluding hydrogens is 332 g/mol. The summed E-state index contributed by atoms with van der Waals surface area (Å²) in [6.07, 6.45) is 0.423. The summed E-state index contributed by atoms with van der Waals surface area (Å²) in [5.41, 5.74) is 4.02. The van der Waals surface area contributed by atoms with Gasteiger partial charge in [-0.15, -0.1) is 0 Å². The zero-order chi connectivity index (χ0) is 19.1. The molecule has 0 radical (unpaired) electrons. The zero-order valence-corrected chi connectivity index (χ0v) is 14.8. The molecule has 0 fully saturated rings. The number of hydrogen-bond acceptors (Lipinski definition) is 3. The Morgan fingerprint density at radius 1 is 1.00 bits per heavy atom. The number of carboxylic acids is 1. The number of aryl methyl sites for hydroxylation is 3. The van der Waals surface area contributed by atoms with Crippen molar-refractivity contribution in [2.45, 2.75) is 26.7 Å². The maximum atomic E-state index is 12.1. The van der Waals surface area contributed by atoms with E-state index in [9.17, 15) is 14.4 Å². The largest absolute Gasteiger partial charge is 0.481 e. The third kappa shape index (κ3) is 5.73. The number of hydrogen-bond donors (Lipinski definition) is 3. The Morgan fingerprint density at radius 2 is 1.77 bits per heavy atom. The van der Waals surface area contributed by atoms with Gasteiger partial charge in [-0.2, -0.15) is 0 Å². The average Bonchev–Trinajstić information content (AvgIpc) is 2.60. The van der Waals surface area contributed by atoms with Gasteiger partial charge >= 0.3 is 5.97 Å². The van der Waals surface area contributed by atoms with Crippen molar-refractivity contribution in [2.75, 3.05) is 11.9 Å². The van der Waals surface area contributed by atoms with Crippen LogP contribution in [0.3, 0.4) is 0 Å². The van der Waals surface area contributed by atoms with E-state index in [1.54, 1.807) is 36.4 Å². The quantitative estimate of drug-likeness (QED) is 0.712. The Kier molecular flexibility index (Phi) is 6.49. The first kappa shape index (κ1) is 19.2. The fourth-order valence-electron chi connectivity index (χ4n) is 2.41. The van der Waals surface area contributed by atoms with Gasteiger partial charge in [-0.3, -0.25) is 14.4 Å². The number of amides is 2. The number of nitrogens with one attached hydrogen (secondary N) is 2.